The molecule has 0 aromatic heterocycles. The summed E-state index contributed by atoms with van der Waals surface area (Å²) in [4.78, 5) is 12.0. The van der Waals surface area contributed by atoms with Gasteiger partial charge in [0.2, 0.25) is 0 Å². The summed E-state index contributed by atoms with van der Waals surface area (Å²) < 4.78 is 23.0. The third kappa shape index (κ3) is 1.68. The van der Waals surface area contributed by atoms with E-state index in [-0.39, 0.29) is 11.2 Å². The first kappa shape index (κ1) is 14.4. The highest BCUT2D eigenvalue weighted by Gasteiger charge is 2.66. The standard InChI is InChI=1S/C13H22O3S/c1-9(14)13(12(5,6)7)10(11(2,3)4)8-17(13,15)16/h8H,1-7H3. The molecule has 1 rings (SSSR count). The molecule has 0 N–H and O–H groups in total. The van der Waals surface area contributed by atoms with Crippen LogP contribution in [-0.4, -0.2) is 18.9 Å². The minimum atomic E-state index is -3.48. The van der Waals surface area contributed by atoms with Crippen molar-refractivity contribution in [1.82, 2.24) is 0 Å². The molecule has 0 amide bonds. The van der Waals surface area contributed by atoms with Gasteiger partial charge in [-0.2, -0.15) is 0 Å². The zero-order valence-electron chi connectivity index (χ0n) is 11.7. The van der Waals surface area contributed by atoms with Crippen molar-refractivity contribution in [2.75, 3.05) is 0 Å². The summed E-state index contributed by atoms with van der Waals surface area (Å²) in [5, 5.41) is 1.28. The van der Waals surface area contributed by atoms with Gasteiger partial charge in [-0.1, -0.05) is 41.5 Å². The van der Waals surface area contributed by atoms with Gasteiger partial charge in [-0.3, -0.25) is 4.79 Å². The predicted molar refractivity (Wildman–Crippen MR) is 69.3 cm³/mol. The number of Topliss-reactive ketones (excluding diaryl/α,β-unsaturated/α-hetero) is 1. The Labute approximate surface area is 104 Å². The molecule has 17 heavy (non-hydrogen) atoms. The van der Waals surface area contributed by atoms with E-state index in [1.54, 1.807) is 0 Å². The Bertz CT molecular complexity index is 484. The van der Waals surface area contributed by atoms with Gasteiger partial charge in [-0.15, -0.1) is 0 Å². The van der Waals surface area contributed by atoms with E-state index in [0.29, 0.717) is 0 Å². The number of rotatable bonds is 1. The summed E-state index contributed by atoms with van der Waals surface area (Å²) in [7, 11) is -3.48. The van der Waals surface area contributed by atoms with Gasteiger partial charge in [0.05, 0.1) is 0 Å². The van der Waals surface area contributed by atoms with Gasteiger partial charge in [-0.25, -0.2) is 8.42 Å². The lowest BCUT2D eigenvalue weighted by atomic mass is 9.66. The van der Waals surface area contributed by atoms with Crippen molar-refractivity contribution >= 4 is 15.6 Å². The van der Waals surface area contributed by atoms with Crippen LogP contribution in [0.15, 0.2) is 11.0 Å². The third-order valence-corrected chi connectivity index (χ3v) is 5.96. The van der Waals surface area contributed by atoms with Crippen LogP contribution in [0.25, 0.3) is 0 Å². The van der Waals surface area contributed by atoms with Gasteiger partial charge in [-0.05, 0) is 23.3 Å². The topological polar surface area (TPSA) is 51.2 Å². The normalized spacial score (nSPS) is 28.3. The number of carbonyl (C=O) groups excluding carboxylic acids is 1. The van der Waals surface area contributed by atoms with Crippen molar-refractivity contribution in [2.24, 2.45) is 10.8 Å². The summed E-state index contributed by atoms with van der Waals surface area (Å²) in [5.41, 5.74) is -0.218. The molecular formula is C13H22O3S. The van der Waals surface area contributed by atoms with E-state index in [4.69, 9.17) is 0 Å². The van der Waals surface area contributed by atoms with E-state index in [0.717, 1.165) is 5.57 Å². The van der Waals surface area contributed by atoms with E-state index in [2.05, 4.69) is 0 Å². The molecule has 1 atom stereocenters. The molecule has 0 fully saturated rings. The molecule has 4 heteroatoms. The van der Waals surface area contributed by atoms with E-state index < -0.39 is 20.0 Å². The van der Waals surface area contributed by atoms with Crippen LogP contribution in [0.2, 0.25) is 0 Å². The number of ketones is 1. The maximum atomic E-state index is 12.2. The molecule has 0 aromatic carbocycles. The van der Waals surface area contributed by atoms with E-state index >= 15 is 0 Å². The monoisotopic (exact) mass is 258 g/mol. The van der Waals surface area contributed by atoms with Gasteiger partial charge in [0.1, 0.15) is 0 Å². The molecule has 0 aromatic rings. The second-order valence-electron chi connectivity index (χ2n) is 6.81. The van der Waals surface area contributed by atoms with Crippen LogP contribution >= 0.6 is 0 Å². The molecule has 0 radical (unpaired) electrons. The fourth-order valence-electron chi connectivity index (χ4n) is 2.88. The van der Waals surface area contributed by atoms with E-state index in [1.807, 2.05) is 41.5 Å². The minimum Gasteiger partial charge on any atom is -0.298 e. The molecule has 0 spiro atoms. The molecule has 3 nitrogen and oxygen atoms in total. The Morgan fingerprint density at radius 1 is 1.12 bits per heavy atom. The van der Waals surface area contributed by atoms with Gasteiger partial charge in [0, 0.05) is 5.41 Å². The molecule has 0 aliphatic carbocycles. The molecule has 1 aliphatic heterocycles. The van der Waals surface area contributed by atoms with Crippen LogP contribution in [0.5, 0.6) is 0 Å². The van der Waals surface area contributed by atoms with E-state index in [9.17, 15) is 13.2 Å². The van der Waals surface area contributed by atoms with Gasteiger partial charge >= 0.3 is 0 Å². The molecule has 0 bridgehead atoms. The fraction of sp³-hybridized carbons (Fsp3) is 0.769. The molecule has 1 aliphatic rings. The number of sulfone groups is 1. The second-order valence-corrected chi connectivity index (χ2v) is 8.75. The van der Waals surface area contributed by atoms with Gasteiger partial charge < -0.3 is 0 Å². The maximum absolute atomic E-state index is 12.2. The summed E-state index contributed by atoms with van der Waals surface area (Å²) in [6.07, 6.45) is 0. The first-order chi connectivity index (χ1) is 7.28. The lowest BCUT2D eigenvalue weighted by molar-refractivity contribution is -0.121. The Hall–Kier alpha value is -0.640. The summed E-state index contributed by atoms with van der Waals surface area (Å²) in [5.74, 6) is -0.280. The van der Waals surface area contributed by atoms with Crippen LogP contribution < -0.4 is 0 Å². The van der Waals surface area contributed by atoms with Crippen LogP contribution in [0.3, 0.4) is 0 Å². The summed E-state index contributed by atoms with van der Waals surface area (Å²) in [6, 6.07) is 0. The molecule has 1 unspecified atom stereocenters. The Kier molecular flexibility index (Phi) is 2.92. The second kappa shape index (κ2) is 3.44. The zero-order valence-corrected chi connectivity index (χ0v) is 12.5. The number of hydrogen-bond acceptors (Lipinski definition) is 3. The van der Waals surface area contributed by atoms with Crippen molar-refractivity contribution in [3.8, 4) is 0 Å². The van der Waals surface area contributed by atoms with Crippen molar-refractivity contribution in [2.45, 2.75) is 53.2 Å². The highest BCUT2D eigenvalue weighted by Crippen LogP contribution is 2.56. The maximum Gasteiger partial charge on any atom is 0.188 e. The average molecular weight is 258 g/mol. The first-order valence-electron chi connectivity index (χ1n) is 5.77. The van der Waals surface area contributed by atoms with Gasteiger partial charge in [0.15, 0.2) is 20.4 Å². The average Bonchev–Trinajstić information content (AvgIpc) is 1.94. The fourth-order valence-corrected chi connectivity index (χ4v) is 5.63. The Balaban J connectivity index is 3.66. The lowest BCUT2D eigenvalue weighted by Crippen LogP contribution is -2.63. The molecule has 0 saturated heterocycles. The lowest BCUT2D eigenvalue weighted by Gasteiger charge is -2.52. The van der Waals surface area contributed by atoms with Crippen LogP contribution in [0.4, 0.5) is 0 Å². The predicted octanol–water partition coefficient (Wildman–Crippen LogP) is 2.72. The van der Waals surface area contributed by atoms with Gasteiger partial charge in [0.25, 0.3) is 0 Å². The SMILES string of the molecule is CC(=O)C1(C(C)(C)C)C(C(C)(C)C)=CS1(=O)=O. The number of carbonyl (C=O) groups is 1. The smallest absolute Gasteiger partial charge is 0.188 e. The van der Waals surface area contributed by atoms with Crippen molar-refractivity contribution in [3.63, 3.8) is 0 Å². The van der Waals surface area contributed by atoms with Crippen LogP contribution in [0.1, 0.15) is 48.5 Å². The number of hydrogen-bond donors (Lipinski definition) is 0. The summed E-state index contributed by atoms with van der Waals surface area (Å²) in [6.45, 7) is 12.6. The quantitative estimate of drug-likeness (QED) is 0.726. The molecule has 98 valence electrons. The van der Waals surface area contributed by atoms with Crippen molar-refractivity contribution in [3.05, 3.63) is 11.0 Å². The Morgan fingerprint density at radius 3 is 1.65 bits per heavy atom. The van der Waals surface area contributed by atoms with Crippen LogP contribution in [0, 0.1) is 10.8 Å². The molecule has 0 saturated carbocycles. The largest absolute Gasteiger partial charge is 0.298 e. The third-order valence-electron chi connectivity index (χ3n) is 3.44. The highest BCUT2D eigenvalue weighted by atomic mass is 32.2. The molecule has 1 heterocycles. The van der Waals surface area contributed by atoms with Crippen molar-refractivity contribution < 1.29 is 13.2 Å². The summed E-state index contributed by atoms with van der Waals surface area (Å²) >= 11 is 0. The minimum absolute atomic E-state index is 0.280. The Morgan fingerprint density at radius 2 is 1.53 bits per heavy atom. The molecular weight excluding hydrogens is 236 g/mol. The van der Waals surface area contributed by atoms with Crippen molar-refractivity contribution in [1.29, 1.82) is 0 Å². The van der Waals surface area contributed by atoms with E-state index in [1.165, 1.54) is 12.3 Å². The van der Waals surface area contributed by atoms with Crippen LogP contribution in [-0.2, 0) is 14.6 Å². The zero-order chi connectivity index (χ0) is 13.9. The first-order valence-corrected chi connectivity index (χ1v) is 7.31. The highest BCUT2D eigenvalue weighted by molar-refractivity contribution is 7.98.